The number of rotatable bonds is 2. The summed E-state index contributed by atoms with van der Waals surface area (Å²) in [7, 11) is 0. The summed E-state index contributed by atoms with van der Waals surface area (Å²) in [5.74, 6) is -1.02. The van der Waals surface area contributed by atoms with Gasteiger partial charge >= 0.3 is 6.09 Å². The molecule has 0 atom stereocenters. The number of likely N-dealkylation sites (tertiary alicyclic amines) is 1. The summed E-state index contributed by atoms with van der Waals surface area (Å²) in [6.45, 7) is 6.75. The molecule has 2 heterocycles. The maximum absolute atomic E-state index is 13.5. The van der Waals surface area contributed by atoms with Crippen LogP contribution < -0.4 is 0 Å². The summed E-state index contributed by atoms with van der Waals surface area (Å²) < 4.78 is 20.8. The fourth-order valence-electron chi connectivity index (χ4n) is 3.06. The first-order chi connectivity index (χ1) is 12.2. The van der Waals surface area contributed by atoms with E-state index in [0.29, 0.717) is 24.2 Å². The van der Waals surface area contributed by atoms with Crippen molar-refractivity contribution in [1.29, 1.82) is 0 Å². The van der Waals surface area contributed by atoms with Crippen LogP contribution in [-0.2, 0) is 4.74 Å². The molecular formula is C19H24FN3O3. The van der Waals surface area contributed by atoms with E-state index in [1.165, 1.54) is 6.07 Å². The molecule has 1 aliphatic rings. The third-order valence-corrected chi connectivity index (χ3v) is 4.39. The van der Waals surface area contributed by atoms with Crippen molar-refractivity contribution in [2.24, 2.45) is 0 Å². The molecule has 1 aromatic heterocycles. The maximum Gasteiger partial charge on any atom is 0.410 e. The van der Waals surface area contributed by atoms with Gasteiger partial charge in [0.1, 0.15) is 5.60 Å². The minimum absolute atomic E-state index is 0.151. The zero-order valence-electron chi connectivity index (χ0n) is 15.3. The second kappa shape index (κ2) is 6.97. The van der Waals surface area contributed by atoms with Gasteiger partial charge in [0.25, 0.3) is 0 Å². The molecule has 1 N–H and O–H groups in total. The molecule has 1 aromatic carbocycles. The summed E-state index contributed by atoms with van der Waals surface area (Å²) in [5, 5.41) is 14.3. The molecule has 0 spiro atoms. The van der Waals surface area contributed by atoms with Crippen LogP contribution in [0.5, 0.6) is 5.75 Å². The van der Waals surface area contributed by atoms with Crippen LogP contribution in [0.3, 0.4) is 0 Å². The molecule has 3 rings (SSSR count). The highest BCUT2D eigenvalue weighted by atomic mass is 19.1. The highest BCUT2D eigenvalue weighted by molar-refractivity contribution is 5.69. The molecular weight excluding hydrogens is 337 g/mol. The van der Waals surface area contributed by atoms with E-state index in [1.807, 2.05) is 31.6 Å². The number of carbonyl (C=O) groups is 1. The van der Waals surface area contributed by atoms with Gasteiger partial charge in [0, 0.05) is 30.4 Å². The van der Waals surface area contributed by atoms with Crippen LogP contribution in [-0.4, -0.2) is 44.6 Å². The van der Waals surface area contributed by atoms with E-state index in [-0.39, 0.29) is 17.9 Å². The van der Waals surface area contributed by atoms with Gasteiger partial charge in [0.15, 0.2) is 11.6 Å². The molecule has 2 aromatic rings. The van der Waals surface area contributed by atoms with Gasteiger partial charge in [0.2, 0.25) is 0 Å². The highest BCUT2D eigenvalue weighted by Gasteiger charge is 2.28. The maximum atomic E-state index is 13.5. The topological polar surface area (TPSA) is 67.6 Å². The standard InChI is InChI=1S/C19H24FN3O3/c1-19(2,3)26-18(25)22-9-7-14(8-10-22)23-12-13(11-21-23)15-5-4-6-16(20)17(15)24/h4-6,11-12,14,24H,7-10H2,1-3H3. The smallest absolute Gasteiger partial charge is 0.410 e. The van der Waals surface area contributed by atoms with E-state index >= 15 is 0 Å². The first-order valence-electron chi connectivity index (χ1n) is 8.74. The lowest BCUT2D eigenvalue weighted by molar-refractivity contribution is 0.0185. The zero-order valence-corrected chi connectivity index (χ0v) is 15.3. The molecule has 1 aliphatic heterocycles. The average molecular weight is 361 g/mol. The molecule has 0 saturated carbocycles. The summed E-state index contributed by atoms with van der Waals surface area (Å²) in [6.07, 6.45) is 4.66. The summed E-state index contributed by atoms with van der Waals surface area (Å²) >= 11 is 0. The van der Waals surface area contributed by atoms with Crippen molar-refractivity contribution >= 4 is 6.09 Å². The SMILES string of the molecule is CC(C)(C)OC(=O)N1CCC(n2cc(-c3cccc(F)c3O)cn2)CC1. The van der Waals surface area contributed by atoms with Gasteiger partial charge in [-0.25, -0.2) is 9.18 Å². The molecule has 6 nitrogen and oxygen atoms in total. The van der Waals surface area contributed by atoms with Crippen LogP contribution >= 0.6 is 0 Å². The number of aromatic nitrogens is 2. The van der Waals surface area contributed by atoms with E-state index in [9.17, 15) is 14.3 Å². The van der Waals surface area contributed by atoms with E-state index in [0.717, 1.165) is 12.8 Å². The van der Waals surface area contributed by atoms with E-state index in [2.05, 4.69) is 5.10 Å². The lowest BCUT2D eigenvalue weighted by atomic mass is 10.1. The van der Waals surface area contributed by atoms with Crippen molar-refractivity contribution in [2.75, 3.05) is 13.1 Å². The predicted molar refractivity (Wildman–Crippen MR) is 95.4 cm³/mol. The van der Waals surface area contributed by atoms with Crippen LogP contribution in [0.15, 0.2) is 30.6 Å². The highest BCUT2D eigenvalue weighted by Crippen LogP contribution is 2.32. The quantitative estimate of drug-likeness (QED) is 0.879. The average Bonchev–Trinajstić information content (AvgIpc) is 3.06. The Morgan fingerprint density at radius 2 is 2.00 bits per heavy atom. The molecule has 0 bridgehead atoms. The van der Waals surface area contributed by atoms with Crippen molar-refractivity contribution in [1.82, 2.24) is 14.7 Å². The number of piperidine rings is 1. The Balaban J connectivity index is 1.65. The van der Waals surface area contributed by atoms with Gasteiger partial charge < -0.3 is 14.7 Å². The lowest BCUT2D eigenvalue weighted by Gasteiger charge is -2.33. The van der Waals surface area contributed by atoms with Gasteiger partial charge in [-0.05, 0) is 39.7 Å². The number of phenols is 1. The fraction of sp³-hybridized carbons (Fsp3) is 0.474. The second-order valence-electron chi connectivity index (χ2n) is 7.54. The third kappa shape index (κ3) is 3.98. The van der Waals surface area contributed by atoms with Crippen LogP contribution in [0, 0.1) is 5.82 Å². The molecule has 0 unspecified atom stereocenters. The third-order valence-electron chi connectivity index (χ3n) is 4.39. The first kappa shape index (κ1) is 18.2. The Hall–Kier alpha value is -2.57. The predicted octanol–water partition coefficient (Wildman–Crippen LogP) is 3.97. The summed E-state index contributed by atoms with van der Waals surface area (Å²) in [6, 6.07) is 4.58. The Labute approximate surface area is 152 Å². The largest absolute Gasteiger partial charge is 0.504 e. The Morgan fingerprint density at radius 1 is 1.31 bits per heavy atom. The minimum atomic E-state index is -0.652. The van der Waals surface area contributed by atoms with Crippen LogP contribution in [0.4, 0.5) is 9.18 Å². The molecule has 140 valence electrons. The Bertz CT molecular complexity index is 790. The van der Waals surface area contributed by atoms with Crippen molar-refractivity contribution in [3.8, 4) is 16.9 Å². The van der Waals surface area contributed by atoms with E-state index in [1.54, 1.807) is 23.2 Å². The molecule has 1 saturated heterocycles. The van der Waals surface area contributed by atoms with Crippen molar-refractivity contribution in [2.45, 2.75) is 45.3 Å². The molecule has 1 amide bonds. The molecule has 7 heteroatoms. The van der Waals surface area contributed by atoms with Gasteiger partial charge in [-0.15, -0.1) is 0 Å². The van der Waals surface area contributed by atoms with Crippen molar-refractivity contribution < 1.29 is 19.0 Å². The zero-order chi connectivity index (χ0) is 18.9. The lowest BCUT2D eigenvalue weighted by Crippen LogP contribution is -2.42. The number of para-hydroxylation sites is 1. The number of halogens is 1. The van der Waals surface area contributed by atoms with E-state index < -0.39 is 11.4 Å². The number of benzene rings is 1. The van der Waals surface area contributed by atoms with Crippen molar-refractivity contribution in [3.63, 3.8) is 0 Å². The molecule has 0 aliphatic carbocycles. The molecule has 0 radical (unpaired) electrons. The number of hydrogen-bond donors (Lipinski definition) is 1. The number of ether oxygens (including phenoxy) is 1. The first-order valence-corrected chi connectivity index (χ1v) is 8.74. The monoisotopic (exact) mass is 361 g/mol. The number of phenolic OH excluding ortho intramolecular Hbond substituents is 1. The molecule has 26 heavy (non-hydrogen) atoms. The number of carbonyl (C=O) groups excluding carboxylic acids is 1. The fourth-order valence-corrected chi connectivity index (χ4v) is 3.06. The van der Waals surface area contributed by atoms with Gasteiger partial charge in [-0.2, -0.15) is 5.10 Å². The van der Waals surface area contributed by atoms with Crippen LogP contribution in [0.2, 0.25) is 0 Å². The second-order valence-corrected chi connectivity index (χ2v) is 7.54. The number of nitrogens with zero attached hydrogens (tertiary/aromatic N) is 3. The number of hydrogen-bond acceptors (Lipinski definition) is 4. The summed E-state index contributed by atoms with van der Waals surface area (Å²) in [5.41, 5.74) is 0.580. The van der Waals surface area contributed by atoms with Gasteiger partial charge in [-0.3, -0.25) is 4.68 Å². The molecule has 1 fully saturated rings. The van der Waals surface area contributed by atoms with Gasteiger partial charge in [-0.1, -0.05) is 12.1 Å². The normalized spacial score (nSPS) is 15.9. The van der Waals surface area contributed by atoms with Crippen LogP contribution in [0.25, 0.3) is 11.1 Å². The Kier molecular flexibility index (Phi) is 4.89. The Morgan fingerprint density at radius 3 is 2.65 bits per heavy atom. The number of aromatic hydroxyl groups is 1. The summed E-state index contributed by atoms with van der Waals surface area (Å²) in [4.78, 5) is 13.8. The van der Waals surface area contributed by atoms with Gasteiger partial charge in [0.05, 0.1) is 12.2 Å². The number of amides is 1. The van der Waals surface area contributed by atoms with Crippen LogP contribution in [0.1, 0.15) is 39.7 Å². The van der Waals surface area contributed by atoms with Crippen molar-refractivity contribution in [3.05, 3.63) is 36.4 Å². The minimum Gasteiger partial charge on any atom is -0.504 e. The van der Waals surface area contributed by atoms with E-state index in [4.69, 9.17) is 4.74 Å².